The first-order valence-electron chi connectivity index (χ1n) is 7.02. The van der Waals surface area contributed by atoms with Crippen LogP contribution >= 0.6 is 0 Å². The zero-order valence-electron chi connectivity index (χ0n) is 13.2. The number of amides is 2. The lowest BCUT2D eigenvalue weighted by Crippen LogP contribution is -2.32. The van der Waals surface area contributed by atoms with Crippen molar-refractivity contribution in [1.29, 1.82) is 0 Å². The molecule has 2 amide bonds. The van der Waals surface area contributed by atoms with Gasteiger partial charge in [0.05, 0.1) is 17.9 Å². The first-order chi connectivity index (χ1) is 10.3. The molecule has 2 rings (SSSR count). The molecular weight excluding hydrogens is 282 g/mol. The number of urea groups is 1. The second-order valence-corrected chi connectivity index (χ2v) is 6.23. The van der Waals surface area contributed by atoms with Crippen molar-refractivity contribution in [2.75, 3.05) is 12.4 Å². The molecule has 2 heterocycles. The SMILES string of the molecule is CN(Cc1cc(C(C)(C)C)n[nH]1)C(=O)Nc1ccc[nH]c1=O. The predicted octanol–water partition coefficient (Wildman–Crippen LogP) is 2.06. The van der Waals surface area contributed by atoms with E-state index in [2.05, 4.69) is 41.3 Å². The molecule has 0 saturated heterocycles. The van der Waals surface area contributed by atoms with Gasteiger partial charge in [-0.2, -0.15) is 5.10 Å². The Hall–Kier alpha value is -2.57. The molecule has 3 N–H and O–H groups in total. The van der Waals surface area contributed by atoms with Gasteiger partial charge in [-0.05, 0) is 18.2 Å². The zero-order chi connectivity index (χ0) is 16.3. The van der Waals surface area contributed by atoms with Crippen LogP contribution in [-0.4, -0.2) is 33.2 Å². The number of H-pyrrole nitrogens is 2. The van der Waals surface area contributed by atoms with E-state index in [1.807, 2.05) is 6.07 Å². The summed E-state index contributed by atoms with van der Waals surface area (Å²) in [5.74, 6) is 0. The number of anilines is 1. The van der Waals surface area contributed by atoms with E-state index in [1.165, 1.54) is 11.1 Å². The maximum atomic E-state index is 12.1. The largest absolute Gasteiger partial charge is 0.327 e. The molecule has 0 radical (unpaired) electrons. The van der Waals surface area contributed by atoms with Crippen LogP contribution in [-0.2, 0) is 12.0 Å². The van der Waals surface area contributed by atoms with Gasteiger partial charge in [0.2, 0.25) is 0 Å². The number of aromatic nitrogens is 3. The molecule has 0 fully saturated rings. The highest BCUT2D eigenvalue weighted by Gasteiger charge is 2.18. The van der Waals surface area contributed by atoms with E-state index in [1.54, 1.807) is 19.2 Å². The van der Waals surface area contributed by atoms with Crippen LogP contribution in [0.1, 0.15) is 32.2 Å². The third-order valence-corrected chi connectivity index (χ3v) is 3.21. The van der Waals surface area contributed by atoms with Crippen LogP contribution in [0.5, 0.6) is 0 Å². The molecule has 0 unspecified atom stereocenters. The molecule has 7 heteroatoms. The number of aromatic amines is 2. The van der Waals surface area contributed by atoms with Crippen LogP contribution < -0.4 is 10.9 Å². The first-order valence-corrected chi connectivity index (χ1v) is 7.02. The average molecular weight is 303 g/mol. The molecule has 0 aliphatic carbocycles. The van der Waals surface area contributed by atoms with Crippen molar-refractivity contribution in [1.82, 2.24) is 20.1 Å². The standard InChI is InChI=1S/C15H21N5O2/c1-15(2,3)12-8-10(18-19-12)9-20(4)14(22)17-11-6-5-7-16-13(11)21/h5-8H,9H2,1-4H3,(H,16,21)(H,17,22)(H,18,19). The van der Waals surface area contributed by atoms with Crippen molar-refractivity contribution < 1.29 is 4.79 Å². The Morgan fingerprint density at radius 2 is 2.14 bits per heavy atom. The number of carbonyl (C=O) groups excluding carboxylic acids is 1. The van der Waals surface area contributed by atoms with Gasteiger partial charge in [0, 0.05) is 18.7 Å². The Labute approximate surface area is 128 Å². The monoisotopic (exact) mass is 303 g/mol. The molecule has 0 saturated carbocycles. The van der Waals surface area contributed by atoms with Gasteiger partial charge in [-0.15, -0.1) is 0 Å². The normalized spacial score (nSPS) is 11.3. The second-order valence-electron chi connectivity index (χ2n) is 6.23. The van der Waals surface area contributed by atoms with Gasteiger partial charge in [0.25, 0.3) is 5.56 Å². The maximum absolute atomic E-state index is 12.1. The lowest BCUT2D eigenvalue weighted by Gasteiger charge is -2.17. The van der Waals surface area contributed by atoms with E-state index in [9.17, 15) is 9.59 Å². The lowest BCUT2D eigenvalue weighted by molar-refractivity contribution is 0.220. The Balaban J connectivity index is 2.01. The molecule has 7 nitrogen and oxygen atoms in total. The molecule has 2 aromatic heterocycles. The zero-order valence-corrected chi connectivity index (χ0v) is 13.2. The summed E-state index contributed by atoms with van der Waals surface area (Å²) in [5.41, 5.74) is 1.62. The molecule has 0 aliphatic heterocycles. The highest BCUT2D eigenvalue weighted by molar-refractivity contribution is 5.88. The number of nitrogens with one attached hydrogen (secondary N) is 3. The van der Waals surface area contributed by atoms with Crippen molar-refractivity contribution in [3.63, 3.8) is 0 Å². The summed E-state index contributed by atoms with van der Waals surface area (Å²) in [7, 11) is 1.66. The number of pyridine rings is 1. The third-order valence-electron chi connectivity index (χ3n) is 3.21. The van der Waals surface area contributed by atoms with E-state index in [0.717, 1.165) is 11.4 Å². The Bertz CT molecular complexity index is 711. The van der Waals surface area contributed by atoms with Crippen molar-refractivity contribution in [3.8, 4) is 0 Å². The Morgan fingerprint density at radius 1 is 1.41 bits per heavy atom. The summed E-state index contributed by atoms with van der Waals surface area (Å²) in [6.45, 7) is 6.60. The smallest absolute Gasteiger partial charge is 0.322 e. The number of rotatable bonds is 3. The minimum atomic E-state index is -0.358. The van der Waals surface area contributed by atoms with Gasteiger partial charge in [-0.25, -0.2) is 4.79 Å². The van der Waals surface area contributed by atoms with Crippen LogP contribution in [0.25, 0.3) is 0 Å². The minimum Gasteiger partial charge on any atom is -0.327 e. The second kappa shape index (κ2) is 6.05. The van der Waals surface area contributed by atoms with Gasteiger partial charge in [0.15, 0.2) is 0 Å². The fraction of sp³-hybridized carbons (Fsp3) is 0.400. The molecule has 0 aromatic carbocycles. The van der Waals surface area contributed by atoms with Crippen LogP contribution in [0.2, 0.25) is 0 Å². The van der Waals surface area contributed by atoms with E-state index >= 15 is 0 Å². The number of hydrogen-bond acceptors (Lipinski definition) is 3. The minimum absolute atomic E-state index is 0.0487. The molecule has 0 atom stereocenters. The molecule has 2 aromatic rings. The van der Waals surface area contributed by atoms with Crippen LogP contribution in [0, 0.1) is 0 Å². The van der Waals surface area contributed by atoms with Gasteiger partial charge >= 0.3 is 6.03 Å². The topological polar surface area (TPSA) is 93.9 Å². The van der Waals surface area contributed by atoms with E-state index < -0.39 is 0 Å². The van der Waals surface area contributed by atoms with Crippen molar-refractivity contribution in [2.45, 2.75) is 32.7 Å². The first kappa shape index (κ1) is 15.8. The lowest BCUT2D eigenvalue weighted by atomic mass is 9.92. The number of carbonyl (C=O) groups is 1. The molecule has 118 valence electrons. The van der Waals surface area contributed by atoms with Crippen molar-refractivity contribution >= 4 is 11.7 Å². The van der Waals surface area contributed by atoms with Crippen LogP contribution in [0.15, 0.2) is 29.2 Å². The summed E-state index contributed by atoms with van der Waals surface area (Å²) >= 11 is 0. The highest BCUT2D eigenvalue weighted by Crippen LogP contribution is 2.20. The Morgan fingerprint density at radius 3 is 2.73 bits per heavy atom. The fourth-order valence-corrected chi connectivity index (χ4v) is 1.88. The summed E-state index contributed by atoms with van der Waals surface area (Å²) in [4.78, 5) is 27.6. The number of nitrogens with zero attached hydrogens (tertiary/aromatic N) is 2. The fourth-order valence-electron chi connectivity index (χ4n) is 1.88. The molecular formula is C15H21N5O2. The molecule has 0 aliphatic rings. The average Bonchev–Trinajstić information content (AvgIpc) is 2.89. The van der Waals surface area contributed by atoms with Gasteiger partial charge in [-0.1, -0.05) is 20.8 Å². The summed E-state index contributed by atoms with van der Waals surface area (Å²) < 4.78 is 0. The summed E-state index contributed by atoms with van der Waals surface area (Å²) in [6.07, 6.45) is 1.51. The van der Waals surface area contributed by atoms with E-state index in [0.29, 0.717) is 6.54 Å². The maximum Gasteiger partial charge on any atom is 0.322 e. The quantitative estimate of drug-likeness (QED) is 0.810. The molecule has 22 heavy (non-hydrogen) atoms. The Kier molecular flexibility index (Phi) is 4.35. The number of hydrogen-bond donors (Lipinski definition) is 3. The third kappa shape index (κ3) is 3.75. The predicted molar refractivity (Wildman–Crippen MR) is 84.8 cm³/mol. The van der Waals surface area contributed by atoms with E-state index in [4.69, 9.17) is 0 Å². The summed E-state index contributed by atoms with van der Waals surface area (Å²) in [6, 6.07) is 4.79. The van der Waals surface area contributed by atoms with Crippen LogP contribution in [0.4, 0.5) is 10.5 Å². The van der Waals surface area contributed by atoms with Gasteiger partial charge in [-0.3, -0.25) is 9.89 Å². The molecule has 0 bridgehead atoms. The van der Waals surface area contributed by atoms with Gasteiger partial charge in [0.1, 0.15) is 5.69 Å². The van der Waals surface area contributed by atoms with Crippen molar-refractivity contribution in [3.05, 3.63) is 46.1 Å². The highest BCUT2D eigenvalue weighted by atomic mass is 16.2. The summed E-state index contributed by atoms with van der Waals surface area (Å²) in [5, 5.41) is 9.77. The van der Waals surface area contributed by atoms with E-state index in [-0.39, 0.29) is 22.7 Å². The van der Waals surface area contributed by atoms with Gasteiger partial charge < -0.3 is 15.2 Å². The van der Waals surface area contributed by atoms with Crippen LogP contribution in [0.3, 0.4) is 0 Å². The molecule has 0 spiro atoms. The van der Waals surface area contributed by atoms with Crippen molar-refractivity contribution in [2.24, 2.45) is 0 Å².